The number of hydrogen-bond donors (Lipinski definition) is 2. The van der Waals surface area contributed by atoms with Crippen LogP contribution < -0.4 is 15.9 Å². The monoisotopic (exact) mass is 562 g/mol. The fourth-order valence-corrected chi connectivity index (χ4v) is 16.9. The van der Waals surface area contributed by atoms with E-state index in [1.165, 1.54) is 54.6 Å². The van der Waals surface area contributed by atoms with Crippen LogP contribution in [-0.4, -0.2) is 29.6 Å². The average Bonchev–Trinajstić information content (AvgIpc) is 2.82. The van der Waals surface area contributed by atoms with E-state index in [0.29, 0.717) is 17.5 Å². The van der Waals surface area contributed by atoms with Crippen LogP contribution in [0.4, 0.5) is 13.2 Å². The van der Waals surface area contributed by atoms with Gasteiger partial charge in [0.2, 0.25) is 0 Å². The maximum atomic E-state index is 14.0. The molecule has 0 bridgehead atoms. The number of alkyl halides is 3. The van der Waals surface area contributed by atoms with Crippen molar-refractivity contribution in [3.63, 3.8) is 0 Å². The van der Waals surface area contributed by atoms with Crippen LogP contribution in [0, 0.1) is 0 Å². The maximum absolute atomic E-state index is 14.0. The van der Waals surface area contributed by atoms with Crippen LogP contribution in [0.5, 0.6) is 0 Å². The van der Waals surface area contributed by atoms with Crippen LogP contribution >= 0.6 is 14.4 Å². The number of halogens is 3. The zero-order valence-electron chi connectivity index (χ0n) is 19.6. The second-order valence-electron chi connectivity index (χ2n) is 8.29. The molecule has 0 fully saturated rings. The van der Waals surface area contributed by atoms with Gasteiger partial charge in [-0.25, -0.2) is 0 Å². The van der Waals surface area contributed by atoms with Crippen LogP contribution in [0.15, 0.2) is 78.9 Å². The number of benzene rings is 3. The molecule has 0 aliphatic rings. The van der Waals surface area contributed by atoms with Crippen LogP contribution in [0.2, 0.25) is 0 Å². The zero-order valence-corrected chi connectivity index (χ0v) is 22.2. The van der Waals surface area contributed by atoms with Crippen molar-refractivity contribution in [2.24, 2.45) is 0 Å². The SMILES string of the molecule is CCc1cccc(P(CP(=O)(O)O)(OS(=O)(=O)C(F)(F)F)(c2ccccc2)c2ccccc2)c1CC. The first-order valence-corrected chi connectivity index (χ1v) is 16.6. The summed E-state index contributed by atoms with van der Waals surface area (Å²) < 4.78 is 85.9. The van der Waals surface area contributed by atoms with E-state index in [0.717, 1.165) is 0 Å². The summed E-state index contributed by atoms with van der Waals surface area (Å²) in [5, 5.41) is -0.0565. The summed E-state index contributed by atoms with van der Waals surface area (Å²) in [6.45, 7) is -2.00. The molecule has 196 valence electrons. The third-order valence-corrected chi connectivity index (χ3v) is 16.6. The molecule has 0 radical (unpaired) electrons. The third-order valence-electron chi connectivity index (χ3n) is 6.10. The Morgan fingerprint density at radius 1 is 0.833 bits per heavy atom. The molecule has 3 rings (SSSR count). The minimum absolute atomic E-state index is 0.0383. The molecule has 0 aliphatic carbocycles. The quantitative estimate of drug-likeness (QED) is 0.293. The van der Waals surface area contributed by atoms with E-state index in [4.69, 9.17) is 3.97 Å². The minimum atomic E-state index is -6.36. The summed E-state index contributed by atoms with van der Waals surface area (Å²) in [5.74, 6) is -1.28. The van der Waals surface area contributed by atoms with Crippen molar-refractivity contribution < 1.29 is 39.9 Å². The van der Waals surface area contributed by atoms with E-state index in [2.05, 4.69) is 0 Å². The van der Waals surface area contributed by atoms with Gasteiger partial charge in [0, 0.05) is 0 Å². The van der Waals surface area contributed by atoms with Crippen molar-refractivity contribution in [3.8, 4) is 0 Å². The van der Waals surface area contributed by atoms with E-state index in [1.807, 2.05) is 6.92 Å². The second kappa shape index (κ2) is 10.0. The molecule has 0 heterocycles. The Balaban J connectivity index is 2.77. The first-order valence-electron chi connectivity index (χ1n) is 11.0. The van der Waals surface area contributed by atoms with Gasteiger partial charge in [-0.3, -0.25) is 0 Å². The predicted molar refractivity (Wildman–Crippen MR) is 137 cm³/mol. The molecule has 3 aromatic rings. The van der Waals surface area contributed by atoms with Gasteiger partial charge in [-0.1, -0.05) is 0 Å². The van der Waals surface area contributed by atoms with E-state index in [9.17, 15) is 35.9 Å². The van der Waals surface area contributed by atoms with E-state index in [1.54, 1.807) is 31.2 Å². The predicted octanol–water partition coefficient (Wildman–Crippen LogP) is 4.56. The molecule has 0 spiro atoms. The molecule has 0 atom stereocenters. The fraction of sp³-hybridized carbons (Fsp3) is 0.250. The molecule has 0 amide bonds. The molecule has 0 saturated carbocycles. The van der Waals surface area contributed by atoms with Gasteiger partial charge in [0.05, 0.1) is 0 Å². The Hall–Kier alpha value is -2.06. The molecule has 2 N–H and O–H groups in total. The standard InChI is InChI=1S/C24H27F3O6P2S/c1-3-19-12-11-17-23(22(19)4-2)35(18-34(28,29)30,20-13-7-5-8-14-20,21-15-9-6-10-16-21)33-36(31,32)24(25,26)27/h5-17H,3-4,18H2,1-2H3,(H2,28,29,30). The van der Waals surface area contributed by atoms with Crippen molar-refractivity contribution in [2.75, 3.05) is 5.90 Å². The van der Waals surface area contributed by atoms with E-state index >= 15 is 0 Å². The Kier molecular flexibility index (Phi) is 7.93. The van der Waals surface area contributed by atoms with Gasteiger partial charge in [-0.15, -0.1) is 0 Å². The summed E-state index contributed by atoms with van der Waals surface area (Å²) in [7, 11) is -11.6. The second-order valence-corrected chi connectivity index (χ2v) is 16.7. The summed E-state index contributed by atoms with van der Waals surface area (Å²) in [6.07, 6.45) is 0.711. The molecule has 36 heavy (non-hydrogen) atoms. The summed E-state index contributed by atoms with van der Waals surface area (Å²) in [4.78, 5) is 20.8. The molecule has 12 heteroatoms. The van der Waals surface area contributed by atoms with Crippen LogP contribution in [0.1, 0.15) is 25.0 Å². The van der Waals surface area contributed by atoms with Gasteiger partial charge in [-0.05, 0) is 0 Å². The third kappa shape index (κ3) is 4.91. The van der Waals surface area contributed by atoms with Gasteiger partial charge in [0.1, 0.15) is 0 Å². The topological polar surface area (TPSA) is 101 Å². The zero-order chi connectivity index (χ0) is 26.9. The van der Waals surface area contributed by atoms with Crippen molar-refractivity contribution in [1.82, 2.24) is 0 Å². The average molecular weight is 562 g/mol. The van der Waals surface area contributed by atoms with E-state index < -0.39 is 36.0 Å². The molecular formula is C24H27F3O6P2S. The van der Waals surface area contributed by atoms with Crippen LogP contribution in [0.3, 0.4) is 0 Å². The van der Waals surface area contributed by atoms with Gasteiger partial charge in [0.25, 0.3) is 0 Å². The number of aryl methyl sites for hydroxylation is 1. The molecule has 6 nitrogen and oxygen atoms in total. The van der Waals surface area contributed by atoms with Crippen LogP contribution in [-0.2, 0) is 31.5 Å². The molecular weight excluding hydrogens is 535 g/mol. The molecule has 3 aromatic carbocycles. The van der Waals surface area contributed by atoms with Crippen molar-refractivity contribution >= 4 is 40.5 Å². The van der Waals surface area contributed by atoms with E-state index in [-0.39, 0.29) is 22.3 Å². The Morgan fingerprint density at radius 3 is 1.72 bits per heavy atom. The first-order chi connectivity index (χ1) is 16.7. The number of rotatable bonds is 9. The van der Waals surface area contributed by atoms with Crippen LogP contribution in [0.25, 0.3) is 0 Å². The fourth-order valence-electron chi connectivity index (χ4n) is 4.72. The Bertz CT molecular complexity index is 1330. The van der Waals surface area contributed by atoms with Crippen molar-refractivity contribution in [3.05, 3.63) is 90.0 Å². The normalized spacial score (nSPS) is 14.2. The number of hydrogen-bond acceptors (Lipinski definition) is 4. The van der Waals surface area contributed by atoms with Gasteiger partial charge in [0.15, 0.2) is 0 Å². The van der Waals surface area contributed by atoms with Gasteiger partial charge < -0.3 is 0 Å². The Labute approximate surface area is 208 Å². The first kappa shape index (κ1) is 28.5. The molecule has 0 unspecified atom stereocenters. The summed E-state index contributed by atoms with van der Waals surface area (Å²) in [5.41, 5.74) is -4.66. The summed E-state index contributed by atoms with van der Waals surface area (Å²) in [6, 6.07) is 19.2. The molecule has 0 aromatic heterocycles. The molecule has 0 saturated heterocycles. The summed E-state index contributed by atoms with van der Waals surface area (Å²) >= 11 is 0. The van der Waals surface area contributed by atoms with Crippen molar-refractivity contribution in [2.45, 2.75) is 32.2 Å². The Morgan fingerprint density at radius 2 is 1.33 bits per heavy atom. The van der Waals surface area contributed by atoms with Gasteiger partial charge in [-0.2, -0.15) is 0 Å². The van der Waals surface area contributed by atoms with Crippen molar-refractivity contribution in [1.29, 1.82) is 0 Å². The van der Waals surface area contributed by atoms with Gasteiger partial charge >= 0.3 is 208 Å². The molecule has 0 aliphatic heterocycles.